The van der Waals surface area contributed by atoms with Crippen molar-refractivity contribution in [3.05, 3.63) is 125 Å². The molecule has 0 amide bonds. The quantitative estimate of drug-likeness (QED) is 0.332. The van der Waals surface area contributed by atoms with Crippen LogP contribution in [0.3, 0.4) is 0 Å². The second-order valence-electron chi connectivity index (χ2n) is 7.80. The molecular formula is C29H22O3. The van der Waals surface area contributed by atoms with Gasteiger partial charge in [-0.3, -0.25) is 4.79 Å². The van der Waals surface area contributed by atoms with E-state index < -0.39 is 0 Å². The van der Waals surface area contributed by atoms with E-state index in [1.54, 1.807) is 18.2 Å². The highest BCUT2D eigenvalue weighted by Crippen LogP contribution is 2.35. The average molecular weight is 418 g/mol. The first-order valence-electron chi connectivity index (χ1n) is 10.6. The molecule has 0 atom stereocenters. The van der Waals surface area contributed by atoms with Gasteiger partial charge in [0.15, 0.2) is 5.76 Å². The first-order valence-corrected chi connectivity index (χ1v) is 10.6. The predicted molar refractivity (Wildman–Crippen MR) is 127 cm³/mol. The lowest BCUT2D eigenvalue weighted by atomic mass is 10.0. The molecule has 0 unspecified atom stereocenters. The van der Waals surface area contributed by atoms with Crippen LogP contribution in [0.25, 0.3) is 17.2 Å². The molecule has 1 aliphatic heterocycles. The summed E-state index contributed by atoms with van der Waals surface area (Å²) in [5.41, 5.74) is 6.07. The topological polar surface area (TPSA) is 35.5 Å². The summed E-state index contributed by atoms with van der Waals surface area (Å²) in [6.07, 6.45) is 1.78. The Kier molecular flexibility index (Phi) is 5.30. The zero-order valence-electron chi connectivity index (χ0n) is 17.7. The van der Waals surface area contributed by atoms with E-state index in [-0.39, 0.29) is 5.78 Å². The standard InChI is InChI=1S/C29H22O3/c1-20-7-5-6-10-24(20)19-31-25-15-16-26-27(18-25)32-28(29(26)30)17-21-11-13-23(14-12-21)22-8-3-2-4-9-22/h2-18H,19H2,1H3. The molecule has 1 heterocycles. The van der Waals surface area contributed by atoms with Gasteiger partial charge in [-0.15, -0.1) is 0 Å². The molecule has 4 aromatic rings. The maximum absolute atomic E-state index is 12.8. The second-order valence-corrected chi connectivity index (χ2v) is 7.80. The number of carbonyl (C=O) groups is 1. The minimum Gasteiger partial charge on any atom is -0.489 e. The monoisotopic (exact) mass is 418 g/mol. The van der Waals surface area contributed by atoms with Crippen LogP contribution >= 0.6 is 0 Å². The van der Waals surface area contributed by atoms with Crippen LogP contribution in [0.4, 0.5) is 0 Å². The van der Waals surface area contributed by atoms with Crippen molar-refractivity contribution in [3.8, 4) is 22.6 Å². The number of fused-ring (bicyclic) bond motifs is 1. The molecule has 4 aromatic carbocycles. The number of aryl methyl sites for hydroxylation is 1. The van der Waals surface area contributed by atoms with Crippen molar-refractivity contribution in [3.63, 3.8) is 0 Å². The Bertz CT molecular complexity index is 1300. The van der Waals surface area contributed by atoms with Crippen molar-refractivity contribution in [1.29, 1.82) is 0 Å². The number of Topliss-reactive ketones (excluding diaryl/α,β-unsaturated/α-hetero) is 1. The third-order valence-electron chi connectivity index (χ3n) is 5.61. The maximum atomic E-state index is 12.8. The maximum Gasteiger partial charge on any atom is 0.231 e. The minimum absolute atomic E-state index is 0.113. The van der Waals surface area contributed by atoms with Crippen LogP contribution in [0.2, 0.25) is 0 Å². The van der Waals surface area contributed by atoms with Gasteiger partial charge in [0.1, 0.15) is 18.1 Å². The molecule has 0 bridgehead atoms. The summed E-state index contributed by atoms with van der Waals surface area (Å²) in [4.78, 5) is 12.8. The Morgan fingerprint density at radius 1 is 0.812 bits per heavy atom. The van der Waals surface area contributed by atoms with E-state index in [2.05, 4.69) is 25.1 Å². The van der Waals surface area contributed by atoms with Crippen molar-refractivity contribution in [2.24, 2.45) is 0 Å². The van der Waals surface area contributed by atoms with E-state index in [9.17, 15) is 4.79 Å². The van der Waals surface area contributed by atoms with Crippen molar-refractivity contribution in [2.45, 2.75) is 13.5 Å². The highest BCUT2D eigenvalue weighted by Gasteiger charge is 2.27. The molecule has 0 aromatic heterocycles. The lowest BCUT2D eigenvalue weighted by molar-refractivity contribution is 0.101. The van der Waals surface area contributed by atoms with Crippen LogP contribution in [-0.4, -0.2) is 5.78 Å². The first kappa shape index (κ1) is 19.8. The summed E-state index contributed by atoms with van der Waals surface area (Å²) in [7, 11) is 0. The summed E-state index contributed by atoms with van der Waals surface area (Å²) >= 11 is 0. The van der Waals surface area contributed by atoms with Crippen LogP contribution in [0, 0.1) is 6.92 Å². The minimum atomic E-state index is -0.113. The fourth-order valence-electron chi connectivity index (χ4n) is 3.74. The van der Waals surface area contributed by atoms with Crippen molar-refractivity contribution in [1.82, 2.24) is 0 Å². The van der Waals surface area contributed by atoms with Gasteiger partial charge in [0.2, 0.25) is 5.78 Å². The van der Waals surface area contributed by atoms with Gasteiger partial charge in [0, 0.05) is 6.07 Å². The van der Waals surface area contributed by atoms with Crippen molar-refractivity contribution < 1.29 is 14.3 Å². The molecule has 1 aliphatic rings. The highest BCUT2D eigenvalue weighted by atomic mass is 16.5. The molecule has 32 heavy (non-hydrogen) atoms. The van der Waals surface area contributed by atoms with Crippen molar-refractivity contribution >= 4 is 11.9 Å². The van der Waals surface area contributed by atoms with Gasteiger partial charge < -0.3 is 9.47 Å². The summed E-state index contributed by atoms with van der Waals surface area (Å²) in [5, 5.41) is 0. The van der Waals surface area contributed by atoms with Gasteiger partial charge in [0.25, 0.3) is 0 Å². The fourth-order valence-corrected chi connectivity index (χ4v) is 3.74. The second kappa shape index (κ2) is 8.56. The third-order valence-corrected chi connectivity index (χ3v) is 5.61. The Hall–Kier alpha value is -4.11. The number of ketones is 1. The van der Waals surface area contributed by atoms with E-state index in [0.717, 1.165) is 22.3 Å². The average Bonchev–Trinajstić information content (AvgIpc) is 3.14. The summed E-state index contributed by atoms with van der Waals surface area (Å²) < 4.78 is 11.8. The normalized spacial score (nSPS) is 13.7. The van der Waals surface area contributed by atoms with Crippen LogP contribution < -0.4 is 9.47 Å². The largest absolute Gasteiger partial charge is 0.489 e. The lowest BCUT2D eigenvalue weighted by Gasteiger charge is -2.09. The number of rotatable bonds is 5. The first-order chi connectivity index (χ1) is 15.7. The van der Waals surface area contributed by atoms with Gasteiger partial charge in [-0.2, -0.15) is 0 Å². The number of allylic oxidation sites excluding steroid dienone is 1. The molecule has 156 valence electrons. The Morgan fingerprint density at radius 2 is 1.53 bits per heavy atom. The van der Waals surface area contributed by atoms with Gasteiger partial charge in [-0.25, -0.2) is 0 Å². The zero-order chi connectivity index (χ0) is 21.9. The van der Waals surface area contributed by atoms with Crippen LogP contribution in [0.15, 0.2) is 103 Å². The van der Waals surface area contributed by atoms with Crippen LogP contribution in [0.5, 0.6) is 11.5 Å². The third kappa shape index (κ3) is 4.06. The van der Waals surface area contributed by atoms with Gasteiger partial charge in [-0.1, -0.05) is 78.9 Å². The lowest BCUT2D eigenvalue weighted by Crippen LogP contribution is -1.98. The molecule has 0 fully saturated rings. The number of hydrogen-bond donors (Lipinski definition) is 0. The number of benzene rings is 4. The highest BCUT2D eigenvalue weighted by molar-refractivity contribution is 6.14. The Balaban J connectivity index is 1.31. The Labute approximate surface area is 187 Å². The zero-order valence-corrected chi connectivity index (χ0v) is 17.7. The number of ether oxygens (including phenoxy) is 2. The Morgan fingerprint density at radius 3 is 2.31 bits per heavy atom. The molecule has 0 spiro atoms. The molecule has 0 radical (unpaired) electrons. The van der Waals surface area contributed by atoms with Crippen LogP contribution in [0.1, 0.15) is 27.0 Å². The van der Waals surface area contributed by atoms with Crippen LogP contribution in [-0.2, 0) is 6.61 Å². The fraction of sp³-hybridized carbons (Fsp3) is 0.0690. The SMILES string of the molecule is Cc1ccccc1COc1ccc2c(c1)OC(=Cc1ccc(-c3ccccc3)cc1)C2=O. The van der Waals surface area contributed by atoms with Gasteiger partial charge in [0.05, 0.1) is 5.56 Å². The molecule has 0 saturated heterocycles. The number of hydrogen-bond acceptors (Lipinski definition) is 3. The summed E-state index contributed by atoms with van der Waals surface area (Å²) in [6, 6.07) is 31.8. The van der Waals surface area contributed by atoms with E-state index in [1.165, 1.54) is 5.56 Å². The van der Waals surface area contributed by atoms with E-state index in [4.69, 9.17) is 9.47 Å². The molecular weight excluding hydrogens is 396 g/mol. The predicted octanol–water partition coefficient (Wildman–Crippen LogP) is 6.86. The van der Waals surface area contributed by atoms with E-state index in [1.807, 2.05) is 66.7 Å². The van der Waals surface area contributed by atoms with Gasteiger partial charge >= 0.3 is 0 Å². The molecule has 3 nitrogen and oxygen atoms in total. The molecule has 3 heteroatoms. The number of carbonyl (C=O) groups excluding carboxylic acids is 1. The molecule has 0 N–H and O–H groups in total. The van der Waals surface area contributed by atoms with Crippen molar-refractivity contribution in [2.75, 3.05) is 0 Å². The van der Waals surface area contributed by atoms with E-state index >= 15 is 0 Å². The molecule has 0 saturated carbocycles. The molecule has 0 aliphatic carbocycles. The van der Waals surface area contributed by atoms with E-state index in [0.29, 0.717) is 29.4 Å². The smallest absolute Gasteiger partial charge is 0.231 e. The summed E-state index contributed by atoms with van der Waals surface area (Å²) in [5.74, 6) is 1.42. The molecule has 5 rings (SSSR count). The summed E-state index contributed by atoms with van der Waals surface area (Å²) in [6.45, 7) is 2.53. The van der Waals surface area contributed by atoms with Gasteiger partial charge in [-0.05, 0) is 52.9 Å².